The van der Waals surface area contributed by atoms with Crippen LogP contribution in [-0.4, -0.2) is 70.8 Å². The number of aromatic nitrogens is 12. The molecule has 16 heteroatoms. The molecule has 0 unspecified atom stereocenters. The lowest BCUT2D eigenvalue weighted by atomic mass is 10.0. The van der Waals surface area contributed by atoms with Crippen LogP contribution >= 0.6 is 0 Å². The van der Waals surface area contributed by atoms with Gasteiger partial charge < -0.3 is 19.8 Å². The lowest BCUT2D eigenvalue weighted by Gasteiger charge is -2.11. The zero-order chi connectivity index (χ0) is 43.4. The van der Waals surface area contributed by atoms with Crippen molar-refractivity contribution in [1.82, 2.24) is 59.0 Å². The van der Waals surface area contributed by atoms with Gasteiger partial charge in [-0.05, 0) is 90.3 Å². The van der Waals surface area contributed by atoms with Gasteiger partial charge in [-0.1, -0.05) is 0 Å². The smallest absolute Gasteiger partial charge is 0.245 e. The molecule has 0 fully saturated rings. The summed E-state index contributed by atoms with van der Waals surface area (Å²) in [6.45, 7) is 2.11. The molecule has 0 saturated heterocycles. The summed E-state index contributed by atoms with van der Waals surface area (Å²) in [5, 5.41) is 7.63. The third-order valence-corrected chi connectivity index (χ3v) is 10.6. The van der Waals surface area contributed by atoms with E-state index in [-0.39, 0.29) is 24.9 Å². The molecular weight excluding hydrogens is 805 g/mol. The van der Waals surface area contributed by atoms with Crippen molar-refractivity contribution < 1.29 is 9.59 Å². The van der Waals surface area contributed by atoms with E-state index in [1.165, 1.54) is 0 Å². The molecule has 10 heterocycles. The molecule has 10 rings (SSSR count). The van der Waals surface area contributed by atoms with E-state index in [4.69, 9.17) is 9.97 Å². The molecule has 0 aliphatic carbocycles. The number of carbonyl (C=O) groups is 2. The molecule has 0 radical (unpaired) electrons. The molecule has 0 aliphatic rings. The normalized spacial score (nSPS) is 11.2. The fourth-order valence-corrected chi connectivity index (χ4v) is 7.67. The second-order valence-electron chi connectivity index (χ2n) is 14.9. The highest BCUT2D eigenvalue weighted by Crippen LogP contribution is 2.32. The summed E-state index contributed by atoms with van der Waals surface area (Å²) >= 11 is 0. The van der Waals surface area contributed by atoms with Crippen LogP contribution < -0.4 is 10.6 Å². The number of nitrogens with zero attached hydrogens (tertiary/aromatic N) is 12. The van der Waals surface area contributed by atoms with Crippen LogP contribution in [-0.2, 0) is 29.1 Å². The van der Waals surface area contributed by atoms with Crippen LogP contribution in [0.4, 0.5) is 11.6 Å². The molecule has 310 valence electrons. The molecule has 16 nitrogen and oxygen atoms in total. The van der Waals surface area contributed by atoms with Gasteiger partial charge in [0.1, 0.15) is 30.4 Å². The summed E-state index contributed by atoms with van der Waals surface area (Å²) in [7, 11) is 0. The summed E-state index contributed by atoms with van der Waals surface area (Å²) in [4.78, 5) is 70.7. The lowest BCUT2D eigenvalue weighted by Crippen LogP contribution is -2.19. The summed E-state index contributed by atoms with van der Waals surface area (Å²) < 4.78 is 3.69. The number of anilines is 2. The number of nitrogens with one attached hydrogen (secondary N) is 2. The molecule has 0 atom stereocenters. The number of pyridine rings is 6. The van der Waals surface area contributed by atoms with Crippen molar-refractivity contribution in [2.75, 3.05) is 10.6 Å². The van der Waals surface area contributed by atoms with Gasteiger partial charge in [0.15, 0.2) is 0 Å². The van der Waals surface area contributed by atoms with E-state index in [1.54, 1.807) is 80.3 Å². The molecule has 0 aromatic carbocycles. The zero-order valence-corrected chi connectivity index (χ0v) is 34.2. The van der Waals surface area contributed by atoms with Crippen LogP contribution in [0.25, 0.3) is 66.7 Å². The van der Waals surface area contributed by atoms with Crippen molar-refractivity contribution in [3.8, 4) is 44.8 Å². The van der Waals surface area contributed by atoms with Gasteiger partial charge in [-0.3, -0.25) is 44.5 Å². The first-order chi connectivity index (χ1) is 31.4. The van der Waals surface area contributed by atoms with Crippen molar-refractivity contribution >= 4 is 45.4 Å². The fourth-order valence-electron chi connectivity index (χ4n) is 7.67. The molecule has 0 bridgehead atoms. The molecular formula is C48H36N14O2. The van der Waals surface area contributed by atoms with Crippen molar-refractivity contribution in [2.45, 2.75) is 26.4 Å². The van der Waals surface area contributed by atoms with Crippen molar-refractivity contribution in [3.63, 3.8) is 0 Å². The van der Waals surface area contributed by atoms with E-state index in [1.807, 2.05) is 77.1 Å². The molecule has 64 heavy (non-hydrogen) atoms. The number of fused-ring (bicyclic) bond motifs is 2. The van der Waals surface area contributed by atoms with Crippen LogP contribution in [0, 0.1) is 6.92 Å². The topological polar surface area (TPSA) is 197 Å². The number of amides is 2. The molecule has 10 aromatic heterocycles. The predicted octanol–water partition coefficient (Wildman–Crippen LogP) is 7.39. The summed E-state index contributed by atoms with van der Waals surface area (Å²) in [6.07, 6.45) is 24.5. The Bertz CT molecular complexity index is 3300. The van der Waals surface area contributed by atoms with Gasteiger partial charge in [0.2, 0.25) is 11.8 Å². The Morgan fingerprint density at radius 3 is 1.84 bits per heavy atom. The minimum Gasteiger partial charge on any atom is -0.337 e. The average Bonchev–Trinajstić information content (AvgIpc) is 3.93. The summed E-state index contributed by atoms with van der Waals surface area (Å²) in [5.41, 5.74) is 10.9. The number of hydrogen-bond donors (Lipinski definition) is 2. The third-order valence-electron chi connectivity index (χ3n) is 10.6. The molecule has 2 N–H and O–H groups in total. The number of aryl methyl sites for hydroxylation is 1. The molecule has 0 spiro atoms. The van der Waals surface area contributed by atoms with Gasteiger partial charge >= 0.3 is 0 Å². The minimum atomic E-state index is -0.232. The standard InChI is InChI=1S/C48H36N14O2/c1-30-18-34(37-7-11-55-48-39(37)9-17-62(48)29-47(64)60-45-5-3-33(23-57-45)42-26-50-13-15-54-42)20-36(58-30)21-35-19-31(6-10-52-35)40-24-51-27-43-38(40)8-16-61(43)28-46(63)59-44-4-2-32(22-56-44)41-25-49-12-14-53-41/h2-20,22-27H,21,28-29H2,1H3,(H,56,59,63)(H,57,60,64). The Hall–Kier alpha value is -8.92. The van der Waals surface area contributed by atoms with Crippen LogP contribution in [0.5, 0.6) is 0 Å². The van der Waals surface area contributed by atoms with Crippen LogP contribution in [0.15, 0.2) is 153 Å². The predicted molar refractivity (Wildman–Crippen MR) is 241 cm³/mol. The van der Waals surface area contributed by atoms with E-state index >= 15 is 0 Å². The summed E-state index contributed by atoms with van der Waals surface area (Å²) in [5.74, 6) is 0.424. The monoisotopic (exact) mass is 840 g/mol. The van der Waals surface area contributed by atoms with Gasteiger partial charge in [-0.15, -0.1) is 0 Å². The maximum Gasteiger partial charge on any atom is 0.245 e. The first-order valence-electron chi connectivity index (χ1n) is 20.2. The number of carbonyl (C=O) groups excluding carboxylic acids is 2. The SMILES string of the molecule is Cc1cc(-c2ccnc3c2ccn3CC(=O)Nc2ccc(-c3cnccn3)cn2)cc(Cc2cc(-c3cncc4c3ccn4CC(=O)Nc3ccc(-c4cnccn4)cn3)ccn2)n1. The zero-order valence-electron chi connectivity index (χ0n) is 34.2. The second-order valence-corrected chi connectivity index (χ2v) is 14.9. The van der Waals surface area contributed by atoms with Gasteiger partial charge in [0.05, 0.1) is 35.5 Å². The number of hydrogen-bond acceptors (Lipinski definition) is 12. The maximum atomic E-state index is 13.2. The largest absolute Gasteiger partial charge is 0.337 e. The van der Waals surface area contributed by atoms with E-state index in [0.717, 1.165) is 66.8 Å². The maximum absolute atomic E-state index is 13.2. The van der Waals surface area contributed by atoms with Crippen molar-refractivity contribution in [2.24, 2.45) is 0 Å². The highest BCUT2D eigenvalue weighted by atomic mass is 16.2. The van der Waals surface area contributed by atoms with Crippen molar-refractivity contribution in [3.05, 3.63) is 171 Å². The van der Waals surface area contributed by atoms with E-state index in [0.29, 0.717) is 35.1 Å². The Kier molecular flexibility index (Phi) is 10.6. The molecule has 2 amide bonds. The van der Waals surface area contributed by atoms with Gasteiger partial charge in [-0.2, -0.15) is 0 Å². The Balaban J connectivity index is 0.826. The second kappa shape index (κ2) is 17.2. The van der Waals surface area contributed by atoms with E-state index < -0.39 is 0 Å². The van der Waals surface area contributed by atoms with Gasteiger partial charge in [-0.25, -0.2) is 15.0 Å². The Labute approximate surface area is 365 Å². The van der Waals surface area contributed by atoms with E-state index in [2.05, 4.69) is 62.6 Å². The minimum absolute atomic E-state index is 0.0545. The highest BCUT2D eigenvalue weighted by molar-refractivity contribution is 5.97. The van der Waals surface area contributed by atoms with Crippen LogP contribution in [0.3, 0.4) is 0 Å². The first kappa shape index (κ1) is 39.2. The van der Waals surface area contributed by atoms with Gasteiger partial charge in [0, 0.05) is 119 Å². The number of rotatable bonds is 12. The van der Waals surface area contributed by atoms with E-state index in [9.17, 15) is 9.59 Å². The summed E-state index contributed by atoms with van der Waals surface area (Å²) in [6, 6.07) is 21.3. The van der Waals surface area contributed by atoms with Crippen LogP contribution in [0.1, 0.15) is 17.1 Å². The Morgan fingerprint density at radius 1 is 0.516 bits per heavy atom. The third kappa shape index (κ3) is 8.38. The fraction of sp³-hybridized carbons (Fsp3) is 0.0833. The first-order valence-corrected chi connectivity index (χ1v) is 20.2. The van der Waals surface area contributed by atoms with Gasteiger partial charge in [0.25, 0.3) is 0 Å². The average molecular weight is 841 g/mol. The lowest BCUT2D eigenvalue weighted by molar-refractivity contribution is -0.117. The quantitative estimate of drug-likeness (QED) is 0.124. The molecule has 0 aliphatic heterocycles. The molecule has 0 saturated carbocycles. The van der Waals surface area contributed by atoms with Crippen LogP contribution in [0.2, 0.25) is 0 Å². The highest BCUT2D eigenvalue weighted by Gasteiger charge is 2.16. The van der Waals surface area contributed by atoms with Crippen molar-refractivity contribution in [1.29, 1.82) is 0 Å². The Morgan fingerprint density at radius 2 is 1.17 bits per heavy atom. The molecule has 10 aromatic rings.